The molecule has 0 fully saturated rings. The zero-order chi connectivity index (χ0) is 26.3. The van der Waals surface area contributed by atoms with Crippen LogP contribution in [0.3, 0.4) is 0 Å². The van der Waals surface area contributed by atoms with Crippen LogP contribution < -0.4 is 0 Å². The number of alkyl halides is 3. The Morgan fingerprint density at radius 2 is 1.89 bits per heavy atom. The van der Waals surface area contributed by atoms with E-state index < -0.39 is 33.7 Å². The average Bonchev–Trinajstić information content (AvgIpc) is 3.30. The minimum absolute atomic E-state index is 0.0396. The number of nitriles is 1. The van der Waals surface area contributed by atoms with Crippen LogP contribution in [0, 0.1) is 11.3 Å². The minimum atomic E-state index is -4.91. The van der Waals surface area contributed by atoms with E-state index in [0.717, 1.165) is 12.5 Å². The molecule has 2 aromatic heterocycles. The summed E-state index contributed by atoms with van der Waals surface area (Å²) in [6.07, 6.45) is -3.37. The van der Waals surface area contributed by atoms with Gasteiger partial charge in [-0.05, 0) is 47.4 Å². The molecule has 0 radical (unpaired) electrons. The van der Waals surface area contributed by atoms with Gasteiger partial charge in [-0.1, -0.05) is 36.4 Å². The quantitative estimate of drug-likeness (QED) is 0.412. The maximum absolute atomic E-state index is 13.3. The number of sulfone groups is 1. The van der Waals surface area contributed by atoms with Gasteiger partial charge in [0.1, 0.15) is 17.5 Å². The fraction of sp³-hybridized carbons (Fsp3) is 0.250. The summed E-state index contributed by atoms with van der Waals surface area (Å²) in [5.74, 6) is 0. The molecule has 36 heavy (non-hydrogen) atoms. The normalized spacial score (nSPS) is 13.9. The second-order valence-electron chi connectivity index (χ2n) is 8.33. The van der Waals surface area contributed by atoms with Gasteiger partial charge in [0, 0.05) is 11.6 Å². The van der Waals surface area contributed by atoms with Crippen LogP contribution in [0.5, 0.6) is 0 Å². The molecule has 0 aliphatic carbocycles. The monoisotopic (exact) mass is 515 g/mol. The van der Waals surface area contributed by atoms with E-state index in [1.807, 2.05) is 6.07 Å². The van der Waals surface area contributed by atoms with Crippen molar-refractivity contribution in [2.75, 3.05) is 6.26 Å². The summed E-state index contributed by atoms with van der Waals surface area (Å²) in [5.41, 5.74) is -1.35. The Balaban J connectivity index is 1.74. The average molecular weight is 516 g/mol. The van der Waals surface area contributed by atoms with Gasteiger partial charge >= 0.3 is 6.18 Å². The Labute approximate surface area is 204 Å². The van der Waals surface area contributed by atoms with E-state index >= 15 is 0 Å². The van der Waals surface area contributed by atoms with Crippen molar-refractivity contribution in [3.05, 3.63) is 71.7 Å². The number of hydrogen-bond donors (Lipinski definition) is 1. The molecule has 0 unspecified atom stereocenters. The van der Waals surface area contributed by atoms with E-state index in [-0.39, 0.29) is 17.1 Å². The van der Waals surface area contributed by atoms with Crippen molar-refractivity contribution < 1.29 is 26.7 Å². The zero-order valence-electron chi connectivity index (χ0n) is 19.2. The molecular weight excluding hydrogens is 495 g/mol. The Morgan fingerprint density at radius 3 is 2.53 bits per heavy atom. The molecule has 0 saturated carbocycles. The predicted octanol–water partition coefficient (Wildman–Crippen LogP) is 3.98. The smallest absolute Gasteiger partial charge is 0.375 e. The lowest BCUT2D eigenvalue weighted by Crippen LogP contribution is -2.42. The number of rotatable bonds is 6. The molecule has 2 aromatic carbocycles. The molecule has 1 atom stereocenters. The van der Waals surface area contributed by atoms with Crippen LogP contribution in [0.1, 0.15) is 30.3 Å². The third kappa shape index (κ3) is 4.67. The summed E-state index contributed by atoms with van der Waals surface area (Å²) in [6.45, 7) is 1.25. The number of aliphatic hydroxyl groups is 1. The summed E-state index contributed by atoms with van der Waals surface area (Å²) in [7, 11) is -3.45. The van der Waals surface area contributed by atoms with Gasteiger partial charge in [-0.15, -0.1) is 5.10 Å². The highest BCUT2D eigenvalue weighted by atomic mass is 32.2. The molecule has 0 amide bonds. The third-order valence-electron chi connectivity index (χ3n) is 5.85. The van der Waals surface area contributed by atoms with E-state index in [4.69, 9.17) is 0 Å². The number of aromatic nitrogens is 4. The Kier molecular flexibility index (Phi) is 6.32. The van der Waals surface area contributed by atoms with Gasteiger partial charge in [-0.2, -0.15) is 18.4 Å². The van der Waals surface area contributed by atoms with Crippen molar-refractivity contribution in [3.63, 3.8) is 0 Å². The highest BCUT2D eigenvalue weighted by molar-refractivity contribution is 7.90. The first kappa shape index (κ1) is 25.3. The van der Waals surface area contributed by atoms with Gasteiger partial charge in [0.05, 0.1) is 23.2 Å². The first-order valence-corrected chi connectivity index (χ1v) is 12.6. The molecule has 1 N–H and O–H groups in total. The van der Waals surface area contributed by atoms with Crippen LogP contribution in [-0.2, 0) is 22.0 Å². The lowest BCUT2D eigenvalue weighted by molar-refractivity contribution is -0.269. The molecule has 4 aromatic rings. The molecule has 0 saturated heterocycles. The minimum Gasteiger partial charge on any atom is -0.375 e. The van der Waals surface area contributed by atoms with Gasteiger partial charge in [0.25, 0.3) is 0 Å². The van der Waals surface area contributed by atoms with Gasteiger partial charge in [0.15, 0.2) is 9.84 Å². The SMILES string of the molecule is CC[C@](O)(c1cn(Cc2ccc3c(-c4cccc(S(C)(=O)=O)c4)cc(C#N)nc3c2)nn1)C(F)(F)F. The standard InChI is InChI=1S/C24H20F3N5O3S/c1-3-23(33,24(25,26)27)22-14-32(31-30-22)13-15-7-8-19-20(11-17(12-28)29-21(19)9-15)16-5-4-6-18(10-16)36(2,34)35/h4-11,14,33H,3,13H2,1-2H3/t23-/m0/s1. The van der Waals surface area contributed by atoms with Crippen LogP contribution in [-0.4, -0.2) is 45.9 Å². The predicted molar refractivity (Wildman–Crippen MR) is 124 cm³/mol. The molecular formula is C24H20F3N5O3S. The maximum atomic E-state index is 13.3. The molecule has 0 aliphatic heterocycles. The molecule has 8 nitrogen and oxygen atoms in total. The maximum Gasteiger partial charge on any atom is 0.423 e. The highest BCUT2D eigenvalue weighted by Gasteiger charge is 2.55. The number of hydrogen-bond acceptors (Lipinski definition) is 7. The van der Waals surface area contributed by atoms with Crippen molar-refractivity contribution in [2.24, 2.45) is 0 Å². The zero-order valence-corrected chi connectivity index (χ0v) is 20.0. The van der Waals surface area contributed by atoms with Crippen LogP contribution in [0.15, 0.2) is 59.6 Å². The van der Waals surface area contributed by atoms with E-state index in [9.17, 15) is 32.0 Å². The molecule has 0 aliphatic rings. The van der Waals surface area contributed by atoms with E-state index in [1.165, 1.54) is 23.7 Å². The van der Waals surface area contributed by atoms with Crippen LogP contribution in [0.4, 0.5) is 13.2 Å². The number of fused-ring (bicyclic) bond motifs is 1. The topological polar surface area (TPSA) is 122 Å². The summed E-state index contributed by atoms with van der Waals surface area (Å²) in [5, 5.41) is 27.5. The molecule has 2 heterocycles. The first-order chi connectivity index (χ1) is 16.9. The third-order valence-corrected chi connectivity index (χ3v) is 6.96. The lowest BCUT2D eigenvalue weighted by atomic mass is 9.96. The van der Waals surface area contributed by atoms with E-state index in [2.05, 4.69) is 15.3 Å². The highest BCUT2D eigenvalue weighted by Crippen LogP contribution is 2.40. The van der Waals surface area contributed by atoms with E-state index in [1.54, 1.807) is 36.4 Å². The molecule has 186 valence electrons. The van der Waals surface area contributed by atoms with Crippen LogP contribution in [0.2, 0.25) is 0 Å². The second kappa shape index (κ2) is 9.00. The molecule has 0 spiro atoms. The van der Waals surface area contributed by atoms with Crippen LogP contribution >= 0.6 is 0 Å². The molecule has 4 rings (SSSR count). The van der Waals surface area contributed by atoms with Crippen molar-refractivity contribution in [3.8, 4) is 17.2 Å². The van der Waals surface area contributed by atoms with E-state index in [0.29, 0.717) is 27.6 Å². The Hall–Kier alpha value is -3.82. The van der Waals surface area contributed by atoms with Crippen molar-refractivity contribution in [1.82, 2.24) is 20.0 Å². The van der Waals surface area contributed by atoms with Crippen molar-refractivity contribution >= 4 is 20.7 Å². The van der Waals surface area contributed by atoms with Gasteiger partial charge in [0.2, 0.25) is 5.60 Å². The lowest BCUT2D eigenvalue weighted by Gasteiger charge is -2.26. The largest absolute Gasteiger partial charge is 0.423 e. The number of benzene rings is 2. The number of pyridine rings is 1. The van der Waals surface area contributed by atoms with Crippen molar-refractivity contribution in [2.45, 2.75) is 36.6 Å². The Morgan fingerprint density at radius 1 is 1.14 bits per heavy atom. The first-order valence-electron chi connectivity index (χ1n) is 10.7. The van der Waals surface area contributed by atoms with Gasteiger partial charge in [-0.3, -0.25) is 0 Å². The summed E-state index contributed by atoms with van der Waals surface area (Å²) < 4.78 is 65.2. The summed E-state index contributed by atoms with van der Waals surface area (Å²) in [4.78, 5) is 4.46. The second-order valence-corrected chi connectivity index (χ2v) is 10.3. The fourth-order valence-electron chi connectivity index (χ4n) is 3.84. The van der Waals surface area contributed by atoms with Crippen LogP contribution in [0.25, 0.3) is 22.0 Å². The molecule has 0 bridgehead atoms. The summed E-state index contributed by atoms with van der Waals surface area (Å²) in [6, 6.07) is 15.0. The van der Waals surface area contributed by atoms with Crippen molar-refractivity contribution in [1.29, 1.82) is 5.26 Å². The van der Waals surface area contributed by atoms with Gasteiger partial charge < -0.3 is 5.11 Å². The van der Waals surface area contributed by atoms with Gasteiger partial charge in [-0.25, -0.2) is 18.1 Å². The summed E-state index contributed by atoms with van der Waals surface area (Å²) >= 11 is 0. The fourth-order valence-corrected chi connectivity index (χ4v) is 4.51. The number of halogens is 3. The number of nitrogens with zero attached hydrogens (tertiary/aromatic N) is 5. The molecule has 12 heteroatoms. The Bertz CT molecular complexity index is 1610.